The van der Waals surface area contributed by atoms with Crippen LogP contribution in [0.3, 0.4) is 0 Å². The van der Waals surface area contributed by atoms with E-state index in [9.17, 15) is 4.39 Å². The van der Waals surface area contributed by atoms with Gasteiger partial charge in [0.25, 0.3) is 0 Å². The average Bonchev–Trinajstić information content (AvgIpc) is 3.16. The summed E-state index contributed by atoms with van der Waals surface area (Å²) < 4.78 is 26.2. The van der Waals surface area contributed by atoms with Crippen molar-refractivity contribution in [3.63, 3.8) is 0 Å². The zero-order valence-electron chi connectivity index (χ0n) is 15.9. The molecule has 4 aromatic rings. The second-order valence-electron chi connectivity index (χ2n) is 6.26. The van der Waals surface area contributed by atoms with Crippen LogP contribution in [0.5, 0.6) is 11.5 Å². The first-order valence-electron chi connectivity index (χ1n) is 9.02. The largest absolute Gasteiger partial charge is 0.493 e. The molecule has 3 aromatic carbocycles. The van der Waals surface area contributed by atoms with Gasteiger partial charge in [0, 0.05) is 5.56 Å². The summed E-state index contributed by atoms with van der Waals surface area (Å²) in [6.45, 7) is -0.0214. The Morgan fingerprint density at radius 1 is 1.13 bits per heavy atom. The monoisotopic (exact) mass is 441 g/mol. The summed E-state index contributed by atoms with van der Waals surface area (Å²) in [5.74, 6) is 0.568. The van der Waals surface area contributed by atoms with Gasteiger partial charge in [0.15, 0.2) is 11.5 Å². The number of hydrogen-bond donors (Lipinski definition) is 1. The molecule has 0 unspecified atom stereocenters. The molecule has 0 radical (unpaired) electrons. The van der Waals surface area contributed by atoms with Crippen LogP contribution in [-0.2, 0) is 6.61 Å². The number of benzene rings is 3. The van der Waals surface area contributed by atoms with Crippen LogP contribution in [0, 0.1) is 5.82 Å². The van der Waals surface area contributed by atoms with Gasteiger partial charge in [-0.2, -0.15) is 5.10 Å². The lowest BCUT2D eigenvalue weighted by atomic mass is 10.2. The van der Waals surface area contributed by atoms with Gasteiger partial charge in [-0.05, 0) is 48.0 Å². The lowest BCUT2D eigenvalue weighted by molar-refractivity contribution is 0.280. The summed E-state index contributed by atoms with van der Waals surface area (Å²) >= 11 is 7.59. The van der Waals surface area contributed by atoms with E-state index in [0.29, 0.717) is 21.7 Å². The Balaban J connectivity index is 1.48. The molecule has 4 rings (SSSR count). The number of para-hydroxylation sites is 1. The fourth-order valence-electron chi connectivity index (χ4n) is 2.79. The minimum absolute atomic E-state index is 0.0214. The summed E-state index contributed by atoms with van der Waals surface area (Å²) in [5.41, 5.74) is 4.93. The van der Waals surface area contributed by atoms with E-state index in [0.717, 1.165) is 15.8 Å². The molecule has 0 aliphatic rings. The van der Waals surface area contributed by atoms with Crippen molar-refractivity contribution in [2.75, 3.05) is 12.5 Å². The second kappa shape index (κ2) is 9.11. The SMILES string of the molecule is COc1ccc(/C=N\Nc2nc3ccccc3s2)cc1OCc1c(F)cccc1Cl. The van der Waals surface area contributed by atoms with E-state index < -0.39 is 5.82 Å². The van der Waals surface area contributed by atoms with Crippen LogP contribution >= 0.6 is 22.9 Å². The highest BCUT2D eigenvalue weighted by atomic mass is 35.5. The van der Waals surface area contributed by atoms with Crippen LogP contribution in [-0.4, -0.2) is 18.3 Å². The lowest BCUT2D eigenvalue weighted by Crippen LogP contribution is -2.01. The molecule has 0 spiro atoms. The Morgan fingerprint density at radius 2 is 2.00 bits per heavy atom. The Bertz CT molecular complexity index is 1160. The predicted octanol–water partition coefficient (Wildman–Crippen LogP) is 6.12. The molecule has 1 heterocycles. The Hall–Kier alpha value is -3.16. The normalized spacial score (nSPS) is 11.2. The number of thiazole rings is 1. The van der Waals surface area contributed by atoms with Gasteiger partial charge in [-0.25, -0.2) is 9.37 Å². The van der Waals surface area contributed by atoms with Crippen LogP contribution in [0.15, 0.2) is 65.8 Å². The number of ether oxygens (including phenoxy) is 2. The number of aromatic nitrogens is 1. The molecule has 0 aliphatic carbocycles. The number of rotatable bonds is 7. The van der Waals surface area contributed by atoms with Crippen molar-refractivity contribution >= 4 is 44.5 Å². The van der Waals surface area contributed by atoms with E-state index in [1.807, 2.05) is 30.3 Å². The standard InChI is InChI=1S/C22H17ClFN3O2S/c1-28-19-10-9-14(11-20(19)29-13-15-16(23)5-4-6-17(15)24)12-25-27-22-26-18-7-2-3-8-21(18)30-22/h2-12H,13H2,1H3,(H,26,27)/b25-12-. The summed E-state index contributed by atoms with van der Waals surface area (Å²) in [4.78, 5) is 4.47. The van der Waals surface area contributed by atoms with Crippen molar-refractivity contribution in [1.82, 2.24) is 4.98 Å². The molecule has 1 N–H and O–H groups in total. The first-order chi connectivity index (χ1) is 14.6. The van der Waals surface area contributed by atoms with E-state index >= 15 is 0 Å². The van der Waals surface area contributed by atoms with E-state index in [-0.39, 0.29) is 12.2 Å². The molecule has 0 saturated heterocycles. The molecule has 0 bridgehead atoms. The zero-order valence-corrected chi connectivity index (χ0v) is 17.5. The molecule has 0 saturated carbocycles. The Labute approximate surface area is 181 Å². The maximum atomic E-state index is 14.0. The van der Waals surface area contributed by atoms with E-state index in [2.05, 4.69) is 15.5 Å². The molecule has 0 amide bonds. The summed E-state index contributed by atoms with van der Waals surface area (Å²) in [7, 11) is 1.54. The number of hydrazone groups is 1. The second-order valence-corrected chi connectivity index (χ2v) is 7.69. The topological polar surface area (TPSA) is 55.7 Å². The molecule has 0 atom stereocenters. The summed E-state index contributed by atoms with van der Waals surface area (Å²) in [5, 5.41) is 5.26. The molecule has 0 fully saturated rings. The molecule has 5 nitrogen and oxygen atoms in total. The first-order valence-corrected chi connectivity index (χ1v) is 10.2. The fraction of sp³-hybridized carbons (Fsp3) is 0.0909. The van der Waals surface area contributed by atoms with E-state index in [4.69, 9.17) is 21.1 Å². The van der Waals surface area contributed by atoms with Crippen LogP contribution in [0.4, 0.5) is 9.52 Å². The third-order valence-corrected chi connectivity index (χ3v) is 5.58. The number of anilines is 1. The maximum absolute atomic E-state index is 14.0. The van der Waals surface area contributed by atoms with E-state index in [1.54, 1.807) is 37.6 Å². The molecule has 0 aliphatic heterocycles. The van der Waals surface area contributed by atoms with Gasteiger partial charge in [-0.15, -0.1) is 0 Å². The third-order valence-electron chi connectivity index (χ3n) is 4.29. The highest BCUT2D eigenvalue weighted by Gasteiger charge is 2.11. The fourth-order valence-corrected chi connectivity index (χ4v) is 3.82. The Kier molecular flexibility index (Phi) is 6.11. The van der Waals surface area contributed by atoms with Gasteiger partial charge in [-0.1, -0.05) is 41.1 Å². The molecular formula is C22H17ClFN3O2S. The third kappa shape index (κ3) is 4.53. The highest BCUT2D eigenvalue weighted by molar-refractivity contribution is 7.22. The zero-order chi connectivity index (χ0) is 20.9. The van der Waals surface area contributed by atoms with Gasteiger partial charge >= 0.3 is 0 Å². The number of nitrogens with zero attached hydrogens (tertiary/aromatic N) is 2. The summed E-state index contributed by atoms with van der Waals surface area (Å²) in [6, 6.07) is 17.8. The van der Waals surface area contributed by atoms with Crippen molar-refractivity contribution in [2.45, 2.75) is 6.61 Å². The van der Waals surface area contributed by atoms with Crippen molar-refractivity contribution in [1.29, 1.82) is 0 Å². The van der Waals surface area contributed by atoms with Crippen molar-refractivity contribution in [3.8, 4) is 11.5 Å². The quantitative estimate of drug-likeness (QED) is 0.277. The van der Waals surface area contributed by atoms with Crippen LogP contribution in [0.25, 0.3) is 10.2 Å². The average molecular weight is 442 g/mol. The number of methoxy groups -OCH3 is 1. The number of halogens is 2. The van der Waals surface area contributed by atoms with Gasteiger partial charge in [0.2, 0.25) is 5.13 Å². The highest BCUT2D eigenvalue weighted by Crippen LogP contribution is 2.30. The molecule has 1 aromatic heterocycles. The van der Waals surface area contributed by atoms with Crippen molar-refractivity contribution < 1.29 is 13.9 Å². The van der Waals surface area contributed by atoms with Crippen molar-refractivity contribution in [2.24, 2.45) is 5.10 Å². The molecule has 152 valence electrons. The minimum Gasteiger partial charge on any atom is -0.493 e. The molecular weight excluding hydrogens is 425 g/mol. The maximum Gasteiger partial charge on any atom is 0.204 e. The van der Waals surface area contributed by atoms with Crippen LogP contribution in [0.1, 0.15) is 11.1 Å². The smallest absolute Gasteiger partial charge is 0.204 e. The predicted molar refractivity (Wildman–Crippen MR) is 120 cm³/mol. The van der Waals surface area contributed by atoms with Gasteiger partial charge in [0.1, 0.15) is 12.4 Å². The lowest BCUT2D eigenvalue weighted by Gasteiger charge is -2.12. The molecule has 8 heteroatoms. The number of nitrogens with one attached hydrogen (secondary N) is 1. The minimum atomic E-state index is -0.417. The summed E-state index contributed by atoms with van der Waals surface area (Å²) in [6.07, 6.45) is 1.65. The molecule has 30 heavy (non-hydrogen) atoms. The van der Waals surface area contributed by atoms with Gasteiger partial charge in [-0.3, -0.25) is 5.43 Å². The van der Waals surface area contributed by atoms with Crippen molar-refractivity contribution in [3.05, 3.63) is 82.6 Å². The Morgan fingerprint density at radius 3 is 2.80 bits per heavy atom. The van der Waals surface area contributed by atoms with Gasteiger partial charge < -0.3 is 9.47 Å². The van der Waals surface area contributed by atoms with E-state index in [1.165, 1.54) is 17.4 Å². The first kappa shape index (κ1) is 20.1. The van der Waals surface area contributed by atoms with Crippen LogP contribution in [0.2, 0.25) is 5.02 Å². The number of fused-ring (bicyclic) bond motifs is 1. The van der Waals surface area contributed by atoms with Gasteiger partial charge in [0.05, 0.1) is 28.6 Å². The van der Waals surface area contributed by atoms with Crippen LogP contribution < -0.4 is 14.9 Å². The number of hydrogen-bond acceptors (Lipinski definition) is 6.